The number of pyridine rings is 1. The van der Waals surface area contributed by atoms with Gasteiger partial charge in [-0.25, -0.2) is 9.37 Å². The van der Waals surface area contributed by atoms with Crippen molar-refractivity contribution in [3.8, 4) is 22.4 Å². The van der Waals surface area contributed by atoms with E-state index in [2.05, 4.69) is 81.2 Å². The van der Waals surface area contributed by atoms with Crippen LogP contribution in [0.1, 0.15) is 31.9 Å². The zero-order valence-electron chi connectivity index (χ0n) is 18.3. The summed E-state index contributed by atoms with van der Waals surface area (Å²) in [4.78, 5) is 8.39. The Morgan fingerprint density at radius 1 is 0.806 bits per heavy atom. The molecule has 0 unspecified atom stereocenters. The third-order valence-corrected chi connectivity index (χ3v) is 5.92. The average molecular weight is 409 g/mol. The Balaban J connectivity index is 1.80. The van der Waals surface area contributed by atoms with E-state index in [-0.39, 0.29) is 11.2 Å². The van der Waals surface area contributed by atoms with E-state index in [1.807, 2.05) is 0 Å². The number of nitrogens with zero attached hydrogens (tertiary/aromatic N) is 1. The van der Waals surface area contributed by atoms with Gasteiger partial charge in [0.05, 0.1) is 5.69 Å². The van der Waals surface area contributed by atoms with E-state index in [9.17, 15) is 4.39 Å². The monoisotopic (exact) mass is 408 g/mol. The molecule has 0 saturated carbocycles. The highest BCUT2D eigenvalue weighted by atomic mass is 19.1. The second-order valence-electron chi connectivity index (χ2n) is 9.29. The Kier molecular flexibility index (Phi) is 4.44. The van der Waals surface area contributed by atoms with Crippen LogP contribution in [0.5, 0.6) is 0 Å². The van der Waals surface area contributed by atoms with Gasteiger partial charge in [0.15, 0.2) is 0 Å². The molecule has 3 aromatic carbocycles. The summed E-state index contributed by atoms with van der Waals surface area (Å²) in [5.41, 5.74) is 8.52. The molecule has 31 heavy (non-hydrogen) atoms. The third kappa shape index (κ3) is 3.50. The lowest BCUT2D eigenvalue weighted by Gasteiger charge is -2.19. The highest BCUT2D eigenvalue weighted by Gasteiger charge is 2.17. The lowest BCUT2D eigenvalue weighted by molar-refractivity contribution is 0.590. The predicted octanol–water partition coefficient (Wildman–Crippen LogP) is 7.80. The first-order valence-electron chi connectivity index (χ1n) is 10.6. The summed E-state index contributed by atoms with van der Waals surface area (Å²) >= 11 is 0. The zero-order chi connectivity index (χ0) is 21.8. The number of aromatic nitrogens is 2. The standard InChI is InChI=1S/C28H25FN2/c1-17-5-14-24-23(15-17)26-22(18-6-10-20(11-7-18)28(2,3)4)16-25(31-27(26)30-24)19-8-12-21(29)13-9-19/h5-16H,1-4H3,(H,30,31). The van der Waals surface area contributed by atoms with Gasteiger partial charge in [0.25, 0.3) is 0 Å². The van der Waals surface area contributed by atoms with Gasteiger partial charge in [-0.05, 0) is 71.5 Å². The quantitative estimate of drug-likeness (QED) is 0.317. The van der Waals surface area contributed by atoms with Gasteiger partial charge in [-0.2, -0.15) is 0 Å². The van der Waals surface area contributed by atoms with Crippen LogP contribution in [0.2, 0.25) is 0 Å². The summed E-state index contributed by atoms with van der Waals surface area (Å²) in [6.07, 6.45) is 0. The van der Waals surface area contributed by atoms with Crippen LogP contribution in [0, 0.1) is 12.7 Å². The molecule has 5 aromatic rings. The van der Waals surface area contributed by atoms with E-state index in [4.69, 9.17) is 4.98 Å². The number of nitrogens with one attached hydrogen (secondary N) is 1. The van der Waals surface area contributed by atoms with Gasteiger partial charge in [0, 0.05) is 21.9 Å². The molecular weight excluding hydrogens is 383 g/mol. The number of aromatic amines is 1. The first-order valence-corrected chi connectivity index (χ1v) is 10.6. The molecule has 0 saturated heterocycles. The van der Waals surface area contributed by atoms with E-state index in [0.29, 0.717) is 0 Å². The largest absolute Gasteiger partial charge is 0.339 e. The van der Waals surface area contributed by atoms with Crippen LogP contribution in [0.3, 0.4) is 0 Å². The first-order chi connectivity index (χ1) is 14.8. The summed E-state index contributed by atoms with van der Waals surface area (Å²) in [5, 5.41) is 2.29. The Hall–Kier alpha value is -3.46. The highest BCUT2D eigenvalue weighted by Crippen LogP contribution is 2.37. The molecule has 1 N–H and O–H groups in total. The molecule has 0 radical (unpaired) electrons. The van der Waals surface area contributed by atoms with Crippen molar-refractivity contribution in [1.29, 1.82) is 0 Å². The molecule has 0 aliphatic rings. The van der Waals surface area contributed by atoms with Gasteiger partial charge >= 0.3 is 0 Å². The molecule has 0 spiro atoms. The van der Waals surface area contributed by atoms with E-state index >= 15 is 0 Å². The molecule has 2 heterocycles. The van der Waals surface area contributed by atoms with E-state index < -0.39 is 0 Å². The zero-order valence-corrected chi connectivity index (χ0v) is 18.3. The van der Waals surface area contributed by atoms with Crippen molar-refractivity contribution in [3.05, 3.63) is 89.7 Å². The van der Waals surface area contributed by atoms with Crippen molar-refractivity contribution in [2.75, 3.05) is 0 Å². The average Bonchev–Trinajstić information content (AvgIpc) is 3.11. The molecule has 3 heteroatoms. The van der Waals surface area contributed by atoms with Crippen LogP contribution in [-0.2, 0) is 5.41 Å². The molecule has 154 valence electrons. The van der Waals surface area contributed by atoms with E-state index in [1.54, 1.807) is 12.1 Å². The maximum absolute atomic E-state index is 13.5. The topological polar surface area (TPSA) is 28.7 Å². The summed E-state index contributed by atoms with van der Waals surface area (Å²) in [7, 11) is 0. The van der Waals surface area contributed by atoms with Crippen molar-refractivity contribution in [2.24, 2.45) is 0 Å². The Morgan fingerprint density at radius 2 is 1.48 bits per heavy atom. The molecule has 0 bridgehead atoms. The van der Waals surface area contributed by atoms with Crippen molar-refractivity contribution < 1.29 is 4.39 Å². The molecule has 0 atom stereocenters. The molecular formula is C28H25FN2. The molecule has 2 nitrogen and oxygen atoms in total. The van der Waals surface area contributed by atoms with E-state index in [0.717, 1.165) is 38.9 Å². The Morgan fingerprint density at radius 3 is 2.16 bits per heavy atom. The van der Waals surface area contributed by atoms with Crippen molar-refractivity contribution in [1.82, 2.24) is 9.97 Å². The maximum atomic E-state index is 13.5. The number of hydrogen-bond donors (Lipinski definition) is 1. The summed E-state index contributed by atoms with van der Waals surface area (Å²) in [5.74, 6) is -0.246. The number of fused-ring (bicyclic) bond motifs is 3. The maximum Gasteiger partial charge on any atom is 0.139 e. The number of halogens is 1. The van der Waals surface area contributed by atoms with Crippen LogP contribution in [0.4, 0.5) is 4.39 Å². The Bertz CT molecular complexity index is 1400. The summed E-state index contributed by atoms with van der Waals surface area (Å²) < 4.78 is 13.5. The number of H-pyrrole nitrogens is 1. The number of aryl methyl sites for hydroxylation is 1. The van der Waals surface area contributed by atoms with Crippen LogP contribution >= 0.6 is 0 Å². The van der Waals surface area contributed by atoms with Crippen LogP contribution in [-0.4, -0.2) is 9.97 Å². The predicted molar refractivity (Wildman–Crippen MR) is 128 cm³/mol. The smallest absolute Gasteiger partial charge is 0.139 e. The number of hydrogen-bond acceptors (Lipinski definition) is 1. The molecule has 0 amide bonds. The van der Waals surface area contributed by atoms with Crippen molar-refractivity contribution in [3.63, 3.8) is 0 Å². The second-order valence-corrected chi connectivity index (χ2v) is 9.29. The second kappa shape index (κ2) is 7.05. The number of benzene rings is 3. The fourth-order valence-electron chi connectivity index (χ4n) is 4.16. The molecule has 0 fully saturated rings. The van der Waals surface area contributed by atoms with Crippen LogP contribution < -0.4 is 0 Å². The van der Waals surface area contributed by atoms with E-state index in [1.165, 1.54) is 28.6 Å². The van der Waals surface area contributed by atoms with Gasteiger partial charge < -0.3 is 4.98 Å². The van der Waals surface area contributed by atoms with Gasteiger partial charge in [0.2, 0.25) is 0 Å². The van der Waals surface area contributed by atoms with Gasteiger partial charge in [0.1, 0.15) is 11.5 Å². The minimum absolute atomic E-state index is 0.100. The van der Waals surface area contributed by atoms with Crippen LogP contribution in [0.25, 0.3) is 44.3 Å². The minimum atomic E-state index is -0.246. The minimum Gasteiger partial charge on any atom is -0.339 e. The molecule has 2 aromatic heterocycles. The van der Waals surface area contributed by atoms with Gasteiger partial charge in [-0.3, -0.25) is 0 Å². The fraction of sp³-hybridized carbons (Fsp3) is 0.179. The van der Waals surface area contributed by atoms with Gasteiger partial charge in [-0.15, -0.1) is 0 Å². The molecule has 5 rings (SSSR count). The molecule has 0 aliphatic heterocycles. The summed E-state index contributed by atoms with van der Waals surface area (Å²) in [6.45, 7) is 8.78. The number of rotatable bonds is 2. The SMILES string of the molecule is Cc1ccc2[nH]c3nc(-c4ccc(F)cc4)cc(-c4ccc(C(C)(C)C)cc4)c3c2c1. The lowest BCUT2D eigenvalue weighted by atomic mass is 9.86. The third-order valence-electron chi connectivity index (χ3n) is 5.92. The normalized spacial score (nSPS) is 12.0. The highest BCUT2D eigenvalue weighted by molar-refractivity contribution is 6.13. The fourth-order valence-corrected chi connectivity index (χ4v) is 4.16. The Labute approximate surface area is 181 Å². The van der Waals surface area contributed by atoms with Gasteiger partial charge in [-0.1, -0.05) is 56.7 Å². The molecule has 0 aliphatic carbocycles. The van der Waals surface area contributed by atoms with Crippen molar-refractivity contribution in [2.45, 2.75) is 33.1 Å². The first kappa shape index (κ1) is 19.5. The van der Waals surface area contributed by atoms with Crippen LogP contribution in [0.15, 0.2) is 72.8 Å². The lowest BCUT2D eigenvalue weighted by Crippen LogP contribution is -2.10. The van der Waals surface area contributed by atoms with Crippen molar-refractivity contribution >= 4 is 21.9 Å². The summed E-state index contributed by atoms with van der Waals surface area (Å²) in [6, 6.07) is 23.9.